The Balaban J connectivity index is 0.000000396. The molecule has 3 fully saturated rings. The highest BCUT2D eigenvalue weighted by Gasteiger charge is 2.54. The Morgan fingerprint density at radius 3 is 1.54 bits per heavy atom. The largest absolute Gasteiger partial charge is 0.0683 e. The quantitative estimate of drug-likeness (QED) is 0.576. The van der Waals surface area contributed by atoms with Crippen LogP contribution >= 0.6 is 0 Å². The highest BCUT2D eigenvalue weighted by atomic mass is 14.6. The molecule has 78 valence electrons. The Morgan fingerprint density at radius 1 is 0.846 bits per heavy atom. The van der Waals surface area contributed by atoms with E-state index in [1.165, 1.54) is 32.1 Å². The van der Waals surface area contributed by atoms with Crippen molar-refractivity contribution in [3.05, 3.63) is 0 Å². The molecular formula is C13H26. The van der Waals surface area contributed by atoms with E-state index in [4.69, 9.17) is 0 Å². The minimum Gasteiger partial charge on any atom is -0.0683 e. The third-order valence-electron chi connectivity index (χ3n) is 4.41. The van der Waals surface area contributed by atoms with Crippen molar-refractivity contribution in [3.8, 4) is 0 Å². The Hall–Kier alpha value is 0. The Labute approximate surface area is 84.1 Å². The molecule has 2 bridgehead atoms. The van der Waals surface area contributed by atoms with E-state index >= 15 is 0 Å². The topological polar surface area (TPSA) is 0 Å². The standard InChI is InChI=1S/C11H20.C2H6/c1-3-10-6-5-7-11(4-2,8-10)9-10;1-2/h3-9H2,1-2H3;1-2H3. The molecule has 0 N–H and O–H groups in total. The molecule has 0 radical (unpaired) electrons. The van der Waals surface area contributed by atoms with Crippen LogP contribution in [0, 0.1) is 10.8 Å². The van der Waals surface area contributed by atoms with Crippen LogP contribution in [-0.2, 0) is 0 Å². The first kappa shape index (κ1) is 11.1. The molecule has 0 amide bonds. The van der Waals surface area contributed by atoms with Crippen molar-refractivity contribution in [1.82, 2.24) is 0 Å². The predicted molar refractivity (Wildman–Crippen MR) is 59.9 cm³/mol. The molecule has 3 saturated carbocycles. The molecule has 0 atom stereocenters. The van der Waals surface area contributed by atoms with E-state index in [2.05, 4.69) is 13.8 Å². The molecule has 3 aliphatic rings. The highest BCUT2D eigenvalue weighted by molar-refractivity contribution is 5.05. The van der Waals surface area contributed by atoms with Crippen molar-refractivity contribution in [3.63, 3.8) is 0 Å². The average Bonchev–Trinajstić information content (AvgIpc) is 2.20. The van der Waals surface area contributed by atoms with Crippen molar-refractivity contribution >= 4 is 0 Å². The van der Waals surface area contributed by atoms with E-state index in [9.17, 15) is 0 Å². The minimum absolute atomic E-state index is 0.828. The van der Waals surface area contributed by atoms with Crippen molar-refractivity contribution in [2.45, 2.75) is 72.6 Å². The molecule has 13 heavy (non-hydrogen) atoms. The van der Waals surface area contributed by atoms with Crippen LogP contribution in [0.25, 0.3) is 0 Å². The summed E-state index contributed by atoms with van der Waals surface area (Å²) in [6.07, 6.45) is 10.6. The smallest absolute Gasteiger partial charge is 0.0290 e. The van der Waals surface area contributed by atoms with Crippen LogP contribution in [0.5, 0.6) is 0 Å². The fourth-order valence-corrected chi connectivity index (χ4v) is 3.58. The molecule has 0 nitrogen and oxygen atoms in total. The van der Waals surface area contributed by atoms with Gasteiger partial charge in [-0.3, -0.25) is 0 Å². The zero-order valence-corrected chi connectivity index (χ0v) is 9.95. The van der Waals surface area contributed by atoms with Crippen molar-refractivity contribution in [1.29, 1.82) is 0 Å². The molecule has 3 aliphatic carbocycles. The number of hydrogen-bond acceptors (Lipinski definition) is 0. The molecular weight excluding hydrogens is 156 g/mol. The van der Waals surface area contributed by atoms with Crippen LogP contribution in [-0.4, -0.2) is 0 Å². The normalized spacial score (nSPS) is 41.5. The summed E-state index contributed by atoms with van der Waals surface area (Å²) in [5.41, 5.74) is 1.66. The van der Waals surface area contributed by atoms with Gasteiger partial charge in [0.25, 0.3) is 0 Å². The maximum atomic E-state index is 2.38. The maximum Gasteiger partial charge on any atom is -0.0290 e. The molecule has 3 rings (SSSR count). The lowest BCUT2D eigenvalue weighted by Crippen LogP contribution is -2.49. The zero-order chi connectivity index (χ0) is 9.95. The molecule has 0 unspecified atom stereocenters. The van der Waals surface area contributed by atoms with Crippen molar-refractivity contribution in [2.75, 3.05) is 0 Å². The van der Waals surface area contributed by atoms with E-state index in [0.29, 0.717) is 0 Å². The SMILES string of the molecule is CC.CCC12CCCC(CC)(C1)C2. The second-order valence-corrected chi connectivity index (χ2v) is 4.91. The van der Waals surface area contributed by atoms with E-state index in [1.807, 2.05) is 13.8 Å². The Morgan fingerprint density at radius 2 is 1.23 bits per heavy atom. The third-order valence-corrected chi connectivity index (χ3v) is 4.41. The van der Waals surface area contributed by atoms with Gasteiger partial charge in [0, 0.05) is 0 Å². The summed E-state index contributed by atoms with van der Waals surface area (Å²) in [4.78, 5) is 0. The first-order valence-corrected chi connectivity index (χ1v) is 6.24. The molecule has 0 heterocycles. The summed E-state index contributed by atoms with van der Waals surface area (Å²) < 4.78 is 0. The van der Waals surface area contributed by atoms with Crippen LogP contribution in [0.1, 0.15) is 72.6 Å². The summed E-state index contributed by atoms with van der Waals surface area (Å²) >= 11 is 0. The minimum atomic E-state index is 0.828. The van der Waals surface area contributed by atoms with Gasteiger partial charge in [0.2, 0.25) is 0 Å². The number of hydrogen-bond donors (Lipinski definition) is 0. The summed E-state index contributed by atoms with van der Waals surface area (Å²) in [5, 5.41) is 0. The molecule has 0 heteroatoms. The van der Waals surface area contributed by atoms with Gasteiger partial charge in [-0.05, 0) is 36.5 Å². The van der Waals surface area contributed by atoms with Crippen LogP contribution < -0.4 is 0 Å². The first-order valence-electron chi connectivity index (χ1n) is 6.24. The molecule has 0 spiro atoms. The van der Waals surface area contributed by atoms with Gasteiger partial charge in [-0.15, -0.1) is 0 Å². The van der Waals surface area contributed by atoms with E-state index in [0.717, 1.165) is 10.8 Å². The fraction of sp³-hybridized carbons (Fsp3) is 1.00. The number of fused-ring (bicyclic) bond motifs is 2. The average molecular weight is 182 g/mol. The predicted octanol–water partition coefficient (Wildman–Crippen LogP) is 4.78. The van der Waals surface area contributed by atoms with Crippen molar-refractivity contribution < 1.29 is 0 Å². The van der Waals surface area contributed by atoms with E-state index in [-0.39, 0.29) is 0 Å². The number of rotatable bonds is 2. The van der Waals surface area contributed by atoms with Gasteiger partial charge in [0.05, 0.1) is 0 Å². The lowest BCUT2D eigenvalue weighted by molar-refractivity contribution is -0.0980. The van der Waals surface area contributed by atoms with Crippen LogP contribution in [0.4, 0.5) is 0 Å². The zero-order valence-electron chi connectivity index (χ0n) is 9.95. The second-order valence-electron chi connectivity index (χ2n) is 4.91. The first-order chi connectivity index (χ1) is 6.24. The molecule has 0 aromatic rings. The van der Waals surface area contributed by atoms with Crippen LogP contribution in [0.3, 0.4) is 0 Å². The van der Waals surface area contributed by atoms with Crippen LogP contribution in [0.15, 0.2) is 0 Å². The molecule has 0 aromatic carbocycles. The van der Waals surface area contributed by atoms with Gasteiger partial charge in [-0.1, -0.05) is 47.0 Å². The summed E-state index contributed by atoms with van der Waals surface area (Å²) in [7, 11) is 0. The van der Waals surface area contributed by atoms with E-state index in [1.54, 1.807) is 12.8 Å². The van der Waals surface area contributed by atoms with Gasteiger partial charge >= 0.3 is 0 Å². The lowest BCUT2D eigenvalue weighted by atomic mass is 9.44. The maximum absolute atomic E-state index is 2.38. The van der Waals surface area contributed by atoms with E-state index < -0.39 is 0 Å². The molecule has 0 aliphatic heterocycles. The van der Waals surface area contributed by atoms with Crippen LogP contribution in [0.2, 0.25) is 0 Å². The molecule has 0 saturated heterocycles. The Bertz CT molecular complexity index is 135. The van der Waals surface area contributed by atoms with Crippen molar-refractivity contribution in [2.24, 2.45) is 10.8 Å². The molecule has 0 aromatic heterocycles. The second kappa shape index (κ2) is 4.02. The Kier molecular flexibility index (Phi) is 3.43. The monoisotopic (exact) mass is 182 g/mol. The van der Waals surface area contributed by atoms with Gasteiger partial charge in [-0.25, -0.2) is 0 Å². The third kappa shape index (κ3) is 1.78. The highest BCUT2D eigenvalue weighted by Crippen LogP contribution is 2.66. The van der Waals surface area contributed by atoms with Gasteiger partial charge in [-0.2, -0.15) is 0 Å². The summed E-state index contributed by atoms with van der Waals surface area (Å²) in [5.74, 6) is 0. The van der Waals surface area contributed by atoms with Gasteiger partial charge < -0.3 is 0 Å². The van der Waals surface area contributed by atoms with Gasteiger partial charge in [0.15, 0.2) is 0 Å². The summed E-state index contributed by atoms with van der Waals surface area (Å²) in [6, 6.07) is 0. The fourth-order valence-electron chi connectivity index (χ4n) is 3.58. The van der Waals surface area contributed by atoms with Gasteiger partial charge in [0.1, 0.15) is 0 Å². The lowest BCUT2D eigenvalue weighted by Gasteiger charge is -2.61. The summed E-state index contributed by atoms with van der Waals surface area (Å²) in [6.45, 7) is 8.76.